The molecule has 3 heteroatoms. The van der Waals surface area contributed by atoms with E-state index in [1.54, 1.807) is 17.8 Å². The van der Waals surface area contributed by atoms with Crippen LogP contribution in [0.15, 0.2) is 23.1 Å². The predicted molar refractivity (Wildman–Crippen MR) is 57.5 cm³/mol. The number of hydrogen-bond donors (Lipinski definition) is 0. The minimum atomic E-state index is 0.545. The van der Waals surface area contributed by atoms with Crippen LogP contribution in [0.1, 0.15) is 13.8 Å². The Labute approximate surface area is 87.3 Å². The van der Waals surface area contributed by atoms with Gasteiger partial charge in [-0.15, -0.1) is 11.8 Å². The summed E-state index contributed by atoms with van der Waals surface area (Å²) in [5, 5.41) is 1.97. The Morgan fingerprint density at radius 1 is 1.25 bits per heavy atom. The second kappa shape index (κ2) is 4.40. The van der Waals surface area contributed by atoms with E-state index < -0.39 is 0 Å². The zero-order valence-electron chi connectivity index (χ0n) is 6.97. The molecule has 0 heterocycles. The summed E-state index contributed by atoms with van der Waals surface area (Å²) < 4.78 is 0. The minimum Gasteiger partial charge on any atom is -0.122 e. The van der Waals surface area contributed by atoms with Crippen molar-refractivity contribution in [3.05, 3.63) is 28.2 Å². The van der Waals surface area contributed by atoms with Gasteiger partial charge in [0.1, 0.15) is 0 Å². The highest BCUT2D eigenvalue weighted by Crippen LogP contribution is 2.31. The van der Waals surface area contributed by atoms with Gasteiger partial charge in [-0.3, -0.25) is 0 Å². The fourth-order valence-electron chi connectivity index (χ4n) is 0.825. The molecule has 0 amide bonds. The van der Waals surface area contributed by atoms with Gasteiger partial charge in [-0.05, 0) is 18.2 Å². The standard InChI is InChI=1S/C9H10Cl2S/c1-6(2)12-9-4-3-7(10)5-8(9)11/h3-6H,1-2H3. The van der Waals surface area contributed by atoms with E-state index >= 15 is 0 Å². The second-order valence-electron chi connectivity index (χ2n) is 2.74. The molecular formula is C9H10Cl2S. The summed E-state index contributed by atoms with van der Waals surface area (Å²) in [6.45, 7) is 4.27. The molecule has 0 atom stereocenters. The van der Waals surface area contributed by atoms with Gasteiger partial charge in [0.2, 0.25) is 0 Å². The van der Waals surface area contributed by atoms with Crippen molar-refractivity contribution in [2.45, 2.75) is 24.0 Å². The molecule has 0 saturated heterocycles. The molecule has 0 aliphatic carbocycles. The summed E-state index contributed by atoms with van der Waals surface area (Å²) in [6.07, 6.45) is 0. The largest absolute Gasteiger partial charge is 0.122 e. The fraction of sp³-hybridized carbons (Fsp3) is 0.333. The molecule has 0 aromatic heterocycles. The van der Waals surface area contributed by atoms with Crippen LogP contribution in [0.4, 0.5) is 0 Å². The van der Waals surface area contributed by atoms with Crippen LogP contribution < -0.4 is 0 Å². The van der Waals surface area contributed by atoms with Gasteiger partial charge in [0, 0.05) is 15.2 Å². The molecule has 0 unspecified atom stereocenters. The Hall–Kier alpha value is 0.150. The van der Waals surface area contributed by atoms with E-state index in [0.29, 0.717) is 10.3 Å². The van der Waals surface area contributed by atoms with Crippen LogP contribution in [0.25, 0.3) is 0 Å². The van der Waals surface area contributed by atoms with Gasteiger partial charge in [-0.25, -0.2) is 0 Å². The number of benzene rings is 1. The summed E-state index contributed by atoms with van der Waals surface area (Å²) in [7, 11) is 0. The average molecular weight is 221 g/mol. The highest BCUT2D eigenvalue weighted by atomic mass is 35.5. The van der Waals surface area contributed by atoms with Gasteiger partial charge in [0.15, 0.2) is 0 Å². The molecule has 0 aliphatic rings. The van der Waals surface area contributed by atoms with Crippen LogP contribution in [0.3, 0.4) is 0 Å². The molecule has 0 spiro atoms. The normalized spacial score (nSPS) is 10.8. The Morgan fingerprint density at radius 3 is 2.42 bits per heavy atom. The highest BCUT2D eigenvalue weighted by molar-refractivity contribution is 8.00. The summed E-state index contributed by atoms with van der Waals surface area (Å²) in [4.78, 5) is 1.09. The first-order valence-corrected chi connectivity index (χ1v) is 5.35. The molecule has 1 aromatic carbocycles. The van der Waals surface area contributed by atoms with Crippen molar-refractivity contribution in [3.63, 3.8) is 0 Å². The maximum absolute atomic E-state index is 5.97. The quantitative estimate of drug-likeness (QED) is 0.663. The van der Waals surface area contributed by atoms with Crippen LogP contribution >= 0.6 is 35.0 Å². The second-order valence-corrected chi connectivity index (χ2v) is 5.20. The topological polar surface area (TPSA) is 0 Å². The van der Waals surface area contributed by atoms with E-state index in [-0.39, 0.29) is 0 Å². The van der Waals surface area contributed by atoms with Crippen molar-refractivity contribution in [1.82, 2.24) is 0 Å². The number of thioether (sulfide) groups is 1. The molecule has 0 fully saturated rings. The molecule has 66 valence electrons. The van der Waals surface area contributed by atoms with E-state index in [9.17, 15) is 0 Å². The van der Waals surface area contributed by atoms with Crippen LogP contribution in [-0.4, -0.2) is 5.25 Å². The molecule has 0 saturated carbocycles. The lowest BCUT2D eigenvalue weighted by Crippen LogP contribution is -1.86. The predicted octanol–water partition coefficient (Wildman–Crippen LogP) is 4.49. The smallest absolute Gasteiger partial charge is 0.0556 e. The summed E-state index contributed by atoms with van der Waals surface area (Å²) >= 11 is 13.5. The van der Waals surface area contributed by atoms with Gasteiger partial charge >= 0.3 is 0 Å². The first kappa shape index (κ1) is 10.2. The Morgan fingerprint density at radius 2 is 1.92 bits per heavy atom. The average Bonchev–Trinajstić information content (AvgIpc) is 1.94. The molecule has 1 rings (SSSR count). The monoisotopic (exact) mass is 220 g/mol. The first-order chi connectivity index (χ1) is 5.59. The zero-order valence-corrected chi connectivity index (χ0v) is 9.30. The number of rotatable bonds is 2. The van der Waals surface area contributed by atoms with Gasteiger partial charge in [0.25, 0.3) is 0 Å². The first-order valence-electron chi connectivity index (χ1n) is 3.71. The van der Waals surface area contributed by atoms with Crippen molar-refractivity contribution in [2.24, 2.45) is 0 Å². The van der Waals surface area contributed by atoms with E-state index in [2.05, 4.69) is 13.8 Å². The third-order valence-electron chi connectivity index (χ3n) is 1.26. The molecule has 1 aromatic rings. The maximum atomic E-state index is 5.97. The lowest BCUT2D eigenvalue weighted by Gasteiger charge is -2.06. The van der Waals surface area contributed by atoms with Crippen LogP contribution in [0.5, 0.6) is 0 Å². The molecule has 0 aliphatic heterocycles. The van der Waals surface area contributed by atoms with E-state index in [4.69, 9.17) is 23.2 Å². The molecule has 0 radical (unpaired) electrons. The Balaban J connectivity index is 2.86. The van der Waals surface area contributed by atoms with Crippen molar-refractivity contribution < 1.29 is 0 Å². The van der Waals surface area contributed by atoms with Crippen molar-refractivity contribution in [1.29, 1.82) is 0 Å². The van der Waals surface area contributed by atoms with Crippen molar-refractivity contribution >= 4 is 35.0 Å². The molecule has 12 heavy (non-hydrogen) atoms. The lowest BCUT2D eigenvalue weighted by molar-refractivity contribution is 1.11. The third kappa shape index (κ3) is 2.89. The van der Waals surface area contributed by atoms with Gasteiger partial charge in [-0.2, -0.15) is 0 Å². The maximum Gasteiger partial charge on any atom is 0.0556 e. The van der Waals surface area contributed by atoms with Crippen LogP contribution in [-0.2, 0) is 0 Å². The van der Waals surface area contributed by atoms with E-state index in [0.717, 1.165) is 9.92 Å². The Bertz CT molecular complexity index is 271. The van der Waals surface area contributed by atoms with Crippen LogP contribution in [0.2, 0.25) is 10.0 Å². The summed E-state index contributed by atoms with van der Waals surface area (Å²) in [5.74, 6) is 0. The fourth-order valence-corrected chi connectivity index (χ4v) is 2.19. The third-order valence-corrected chi connectivity index (χ3v) is 3.00. The summed E-state index contributed by atoms with van der Waals surface area (Å²) in [6, 6.07) is 5.58. The molecule has 0 N–H and O–H groups in total. The number of hydrogen-bond acceptors (Lipinski definition) is 1. The van der Waals surface area contributed by atoms with Crippen LogP contribution in [0, 0.1) is 0 Å². The SMILES string of the molecule is CC(C)Sc1ccc(Cl)cc1Cl. The van der Waals surface area contributed by atoms with E-state index in [1.165, 1.54) is 0 Å². The van der Waals surface area contributed by atoms with Gasteiger partial charge in [-0.1, -0.05) is 37.0 Å². The van der Waals surface area contributed by atoms with Crippen molar-refractivity contribution in [3.8, 4) is 0 Å². The molecule has 0 nitrogen and oxygen atoms in total. The Kier molecular flexibility index (Phi) is 3.76. The highest BCUT2D eigenvalue weighted by Gasteiger charge is 2.03. The molecular weight excluding hydrogens is 211 g/mol. The lowest BCUT2D eigenvalue weighted by atomic mass is 10.4. The van der Waals surface area contributed by atoms with Gasteiger partial charge < -0.3 is 0 Å². The van der Waals surface area contributed by atoms with E-state index in [1.807, 2.05) is 12.1 Å². The number of halogens is 2. The summed E-state index contributed by atoms with van der Waals surface area (Å²) in [5.41, 5.74) is 0. The van der Waals surface area contributed by atoms with Crippen molar-refractivity contribution in [2.75, 3.05) is 0 Å². The van der Waals surface area contributed by atoms with Gasteiger partial charge in [0.05, 0.1) is 5.02 Å². The zero-order chi connectivity index (χ0) is 9.14. The minimum absolute atomic E-state index is 0.545. The molecule has 0 bridgehead atoms.